The Hall–Kier alpha value is -3.53. The predicted octanol–water partition coefficient (Wildman–Crippen LogP) is 6.36. The summed E-state index contributed by atoms with van der Waals surface area (Å²) in [5.41, 5.74) is 6.24. The molecule has 3 aromatic rings. The zero-order valence-corrected chi connectivity index (χ0v) is 18.5. The van der Waals surface area contributed by atoms with E-state index in [0.29, 0.717) is 0 Å². The van der Waals surface area contributed by atoms with Gasteiger partial charge in [0.05, 0.1) is 7.11 Å². The Balaban J connectivity index is 2.11. The van der Waals surface area contributed by atoms with E-state index in [2.05, 4.69) is 24.4 Å². The normalized spacial score (nSPS) is 11.8. The van der Waals surface area contributed by atoms with Gasteiger partial charge >= 0.3 is 0 Å². The number of rotatable bonds is 7. The Labute approximate surface area is 184 Å². The molecule has 160 valence electrons. The zero-order chi connectivity index (χ0) is 22.4. The Morgan fingerprint density at radius 1 is 0.871 bits per heavy atom. The largest absolute Gasteiger partial charge is 0.508 e. The van der Waals surface area contributed by atoms with Crippen molar-refractivity contribution in [3.8, 4) is 11.5 Å². The molecule has 3 aromatic carbocycles. The number of carbonyl (C=O) groups excluding carboxylic acids is 1. The minimum absolute atomic E-state index is 0.00277. The van der Waals surface area contributed by atoms with Crippen LogP contribution in [0.25, 0.3) is 11.1 Å². The van der Waals surface area contributed by atoms with E-state index in [1.807, 2.05) is 62.4 Å². The summed E-state index contributed by atoms with van der Waals surface area (Å²) in [4.78, 5) is 12.0. The molecule has 0 aliphatic carbocycles. The number of methoxy groups -OCH3 is 1. The number of allylic oxidation sites excluding steroid dienone is 1. The van der Waals surface area contributed by atoms with Gasteiger partial charge in [-0.2, -0.15) is 0 Å². The highest BCUT2D eigenvalue weighted by atomic mass is 16.5. The molecule has 0 radical (unpaired) electrons. The van der Waals surface area contributed by atoms with Crippen molar-refractivity contribution in [2.75, 3.05) is 12.4 Å². The van der Waals surface area contributed by atoms with E-state index in [1.54, 1.807) is 19.2 Å². The lowest BCUT2D eigenvalue weighted by atomic mass is 9.88. The summed E-state index contributed by atoms with van der Waals surface area (Å²) in [6.45, 7) is 5.88. The molecule has 4 heteroatoms. The fraction of sp³-hybridized carbons (Fsp3) is 0.222. The summed E-state index contributed by atoms with van der Waals surface area (Å²) in [6, 6.07) is 23.3. The monoisotopic (exact) mass is 415 g/mol. The molecular weight excluding hydrogens is 386 g/mol. The van der Waals surface area contributed by atoms with Crippen LogP contribution in [0.3, 0.4) is 0 Å². The lowest BCUT2D eigenvalue weighted by Gasteiger charge is -2.17. The minimum Gasteiger partial charge on any atom is -0.508 e. The number of hydrogen-bond donors (Lipinski definition) is 2. The maximum Gasteiger partial charge on any atom is 0.226 e. The number of carbonyl (C=O) groups is 1. The minimum atomic E-state index is -0.0735. The molecule has 0 bridgehead atoms. The molecule has 0 aromatic heterocycles. The van der Waals surface area contributed by atoms with E-state index in [9.17, 15) is 9.90 Å². The Bertz CT molecular complexity index is 1050. The van der Waals surface area contributed by atoms with E-state index in [0.717, 1.165) is 40.1 Å². The van der Waals surface area contributed by atoms with Crippen molar-refractivity contribution in [2.24, 2.45) is 5.92 Å². The van der Waals surface area contributed by atoms with Crippen LogP contribution in [0, 0.1) is 5.92 Å². The summed E-state index contributed by atoms with van der Waals surface area (Å²) < 4.78 is 5.33. The van der Waals surface area contributed by atoms with Crippen molar-refractivity contribution in [2.45, 2.75) is 27.2 Å². The van der Waals surface area contributed by atoms with Crippen LogP contribution in [0.4, 0.5) is 5.69 Å². The molecule has 0 atom stereocenters. The van der Waals surface area contributed by atoms with E-state index >= 15 is 0 Å². The van der Waals surface area contributed by atoms with Gasteiger partial charge in [0.2, 0.25) is 5.91 Å². The summed E-state index contributed by atoms with van der Waals surface area (Å²) >= 11 is 0. The first-order valence-corrected chi connectivity index (χ1v) is 10.5. The third-order valence-electron chi connectivity index (χ3n) is 5.22. The van der Waals surface area contributed by atoms with Crippen LogP contribution in [-0.4, -0.2) is 18.1 Å². The number of anilines is 1. The average Bonchev–Trinajstić information content (AvgIpc) is 2.79. The highest BCUT2D eigenvalue weighted by Gasteiger charge is 2.14. The van der Waals surface area contributed by atoms with Crippen LogP contribution < -0.4 is 10.1 Å². The summed E-state index contributed by atoms with van der Waals surface area (Å²) in [5.74, 6) is 0.973. The smallest absolute Gasteiger partial charge is 0.226 e. The van der Waals surface area contributed by atoms with Crippen LogP contribution in [0.5, 0.6) is 11.5 Å². The highest BCUT2D eigenvalue weighted by Crippen LogP contribution is 2.36. The van der Waals surface area contributed by atoms with Crippen molar-refractivity contribution < 1.29 is 14.6 Å². The average molecular weight is 416 g/mol. The Morgan fingerprint density at radius 2 is 1.39 bits per heavy atom. The number of amides is 1. The van der Waals surface area contributed by atoms with Gasteiger partial charge in [0.25, 0.3) is 0 Å². The third kappa shape index (κ3) is 5.34. The fourth-order valence-electron chi connectivity index (χ4n) is 3.47. The van der Waals surface area contributed by atoms with Gasteiger partial charge in [0, 0.05) is 11.6 Å². The molecule has 31 heavy (non-hydrogen) atoms. The number of benzene rings is 3. The van der Waals surface area contributed by atoms with Gasteiger partial charge in [-0.3, -0.25) is 4.79 Å². The first-order chi connectivity index (χ1) is 14.9. The molecule has 0 fully saturated rings. The maximum atomic E-state index is 12.0. The Kier molecular flexibility index (Phi) is 7.14. The van der Waals surface area contributed by atoms with Gasteiger partial charge in [0.15, 0.2) is 0 Å². The van der Waals surface area contributed by atoms with Crippen LogP contribution >= 0.6 is 0 Å². The van der Waals surface area contributed by atoms with Crippen molar-refractivity contribution >= 4 is 22.7 Å². The van der Waals surface area contributed by atoms with Crippen LogP contribution in [0.15, 0.2) is 72.8 Å². The molecular formula is C27H29NO3. The van der Waals surface area contributed by atoms with Crippen molar-refractivity contribution in [1.29, 1.82) is 0 Å². The van der Waals surface area contributed by atoms with Gasteiger partial charge in [-0.1, -0.05) is 57.2 Å². The molecule has 4 nitrogen and oxygen atoms in total. The quantitative estimate of drug-likeness (QED) is 0.441. The van der Waals surface area contributed by atoms with Gasteiger partial charge in [0.1, 0.15) is 11.5 Å². The van der Waals surface area contributed by atoms with E-state index in [1.165, 1.54) is 5.57 Å². The third-order valence-corrected chi connectivity index (χ3v) is 5.22. The Morgan fingerprint density at radius 3 is 1.87 bits per heavy atom. The van der Waals surface area contributed by atoms with Crippen LogP contribution in [-0.2, 0) is 4.79 Å². The molecule has 2 N–H and O–H groups in total. The summed E-state index contributed by atoms with van der Waals surface area (Å²) in [6.07, 6.45) is 0.817. The molecule has 1 amide bonds. The van der Waals surface area contributed by atoms with Gasteiger partial charge < -0.3 is 15.2 Å². The van der Waals surface area contributed by atoms with E-state index < -0.39 is 0 Å². The van der Waals surface area contributed by atoms with Crippen molar-refractivity contribution in [3.63, 3.8) is 0 Å². The standard InChI is InChI=1S/C27H29NO3/c1-5-25(19-8-14-23(29)15-9-19)26(21-10-16-24(31-4)17-11-21)20-6-12-22(13-7-20)28-27(30)18(2)3/h6-18,29H,5H2,1-4H3,(H,28,30)/b26-25-. The highest BCUT2D eigenvalue weighted by molar-refractivity contribution is 5.99. The van der Waals surface area contributed by atoms with E-state index in [4.69, 9.17) is 4.74 Å². The molecule has 0 spiro atoms. The number of nitrogens with one attached hydrogen (secondary N) is 1. The SMILES string of the molecule is CC/C(=C(\c1ccc(NC(=O)C(C)C)cc1)c1ccc(OC)cc1)c1ccc(O)cc1. The lowest BCUT2D eigenvalue weighted by Crippen LogP contribution is -2.17. The second-order valence-corrected chi connectivity index (χ2v) is 7.70. The molecule has 3 rings (SSSR count). The predicted molar refractivity (Wildman–Crippen MR) is 127 cm³/mol. The fourth-order valence-corrected chi connectivity index (χ4v) is 3.47. The molecule has 0 heterocycles. The number of phenols is 1. The summed E-state index contributed by atoms with van der Waals surface area (Å²) in [5, 5.41) is 12.7. The topological polar surface area (TPSA) is 58.6 Å². The number of aromatic hydroxyl groups is 1. The van der Waals surface area contributed by atoms with Crippen LogP contribution in [0.2, 0.25) is 0 Å². The molecule has 0 aliphatic heterocycles. The van der Waals surface area contributed by atoms with Gasteiger partial charge in [-0.25, -0.2) is 0 Å². The van der Waals surface area contributed by atoms with Crippen LogP contribution in [0.1, 0.15) is 43.9 Å². The van der Waals surface area contributed by atoms with Crippen molar-refractivity contribution in [3.05, 3.63) is 89.5 Å². The van der Waals surface area contributed by atoms with Gasteiger partial charge in [-0.05, 0) is 70.7 Å². The van der Waals surface area contributed by atoms with Crippen molar-refractivity contribution in [1.82, 2.24) is 0 Å². The second-order valence-electron chi connectivity index (χ2n) is 7.70. The second kappa shape index (κ2) is 9.98. The zero-order valence-electron chi connectivity index (χ0n) is 18.5. The first-order valence-electron chi connectivity index (χ1n) is 10.5. The summed E-state index contributed by atoms with van der Waals surface area (Å²) in [7, 11) is 1.66. The molecule has 0 saturated heterocycles. The van der Waals surface area contributed by atoms with Gasteiger partial charge in [-0.15, -0.1) is 0 Å². The number of phenolic OH excluding ortho intramolecular Hbond substituents is 1. The van der Waals surface area contributed by atoms with E-state index in [-0.39, 0.29) is 17.6 Å². The first kappa shape index (κ1) is 22.2. The maximum absolute atomic E-state index is 12.0. The lowest BCUT2D eigenvalue weighted by molar-refractivity contribution is -0.118. The molecule has 0 unspecified atom stereocenters. The molecule has 0 saturated carbocycles. The number of hydrogen-bond acceptors (Lipinski definition) is 3. The number of ether oxygens (including phenoxy) is 1. The molecule has 0 aliphatic rings.